The lowest BCUT2D eigenvalue weighted by molar-refractivity contribution is 0.492. The van der Waals surface area contributed by atoms with E-state index in [0.29, 0.717) is 15.7 Å². The maximum atomic E-state index is 11.9. The van der Waals surface area contributed by atoms with Crippen LogP contribution in [0.25, 0.3) is 0 Å². The Morgan fingerprint density at radius 2 is 2.18 bits per heavy atom. The highest BCUT2D eigenvalue weighted by atomic mass is 32.2. The number of oxazole rings is 1. The zero-order valence-electron chi connectivity index (χ0n) is 9.43. The molecule has 0 aliphatic carbocycles. The smallest absolute Gasteiger partial charge is 0.250 e. The average Bonchev–Trinajstić information content (AvgIpc) is 2.85. The Bertz CT molecular complexity index is 613. The third kappa shape index (κ3) is 2.74. The number of aromatic nitrogens is 1. The lowest BCUT2D eigenvalue weighted by Gasteiger charge is -2.02. The quantitative estimate of drug-likeness (QED) is 0.921. The summed E-state index contributed by atoms with van der Waals surface area (Å²) in [6.45, 7) is 3.75. The highest BCUT2D eigenvalue weighted by molar-refractivity contribution is 7.91. The molecule has 0 aliphatic rings. The van der Waals surface area contributed by atoms with Crippen LogP contribution < -0.4 is 4.72 Å². The Labute approximate surface area is 104 Å². The second kappa shape index (κ2) is 4.59. The van der Waals surface area contributed by atoms with Gasteiger partial charge in [-0.2, -0.15) is 0 Å². The summed E-state index contributed by atoms with van der Waals surface area (Å²) in [6.07, 6.45) is 1.30. The summed E-state index contributed by atoms with van der Waals surface area (Å²) in [6, 6.07) is 3.37. The molecule has 2 aromatic rings. The molecule has 17 heavy (non-hydrogen) atoms. The van der Waals surface area contributed by atoms with Crippen LogP contribution in [-0.2, 0) is 16.6 Å². The van der Waals surface area contributed by atoms with E-state index in [4.69, 9.17) is 4.42 Å². The van der Waals surface area contributed by atoms with Gasteiger partial charge in [-0.25, -0.2) is 18.1 Å². The summed E-state index contributed by atoms with van der Waals surface area (Å²) in [5.74, 6) is 0.529. The maximum absolute atomic E-state index is 11.9. The van der Waals surface area contributed by atoms with Crippen LogP contribution in [0.4, 0.5) is 0 Å². The number of sulfonamides is 1. The number of hydrogen-bond acceptors (Lipinski definition) is 5. The second-order valence-corrected chi connectivity index (χ2v) is 6.83. The number of aryl methyl sites for hydroxylation is 2. The van der Waals surface area contributed by atoms with Crippen LogP contribution in [0.2, 0.25) is 0 Å². The molecule has 0 atom stereocenters. The molecule has 0 amide bonds. The van der Waals surface area contributed by atoms with Crippen LogP contribution in [0.3, 0.4) is 0 Å². The monoisotopic (exact) mass is 272 g/mol. The fourth-order valence-corrected chi connectivity index (χ4v) is 3.59. The van der Waals surface area contributed by atoms with Gasteiger partial charge in [0, 0.05) is 4.88 Å². The van der Waals surface area contributed by atoms with E-state index in [1.165, 1.54) is 17.7 Å². The Kier molecular flexibility index (Phi) is 3.32. The molecule has 1 N–H and O–H groups in total. The van der Waals surface area contributed by atoms with Gasteiger partial charge < -0.3 is 4.42 Å². The summed E-state index contributed by atoms with van der Waals surface area (Å²) in [7, 11) is -3.45. The van der Waals surface area contributed by atoms with E-state index in [1.807, 2.05) is 6.92 Å². The van der Waals surface area contributed by atoms with Gasteiger partial charge in [-0.3, -0.25) is 0 Å². The third-order valence-electron chi connectivity index (χ3n) is 2.25. The van der Waals surface area contributed by atoms with Crippen LogP contribution in [0, 0.1) is 13.8 Å². The molecule has 5 nitrogen and oxygen atoms in total. The average molecular weight is 272 g/mol. The van der Waals surface area contributed by atoms with Crippen molar-refractivity contribution in [2.45, 2.75) is 24.6 Å². The van der Waals surface area contributed by atoms with E-state index in [-0.39, 0.29) is 6.54 Å². The molecule has 0 aromatic carbocycles. The minimum Gasteiger partial charge on any atom is -0.447 e. The standard InChI is InChI=1S/C10H12N2O3S2/c1-7-3-4-10(16-7)17(13,14)12-5-9-8(2)11-6-15-9/h3-4,6,12H,5H2,1-2H3. The van der Waals surface area contributed by atoms with Gasteiger partial charge in [-0.15, -0.1) is 11.3 Å². The van der Waals surface area contributed by atoms with Crippen molar-refractivity contribution in [3.63, 3.8) is 0 Å². The first-order valence-corrected chi connectivity index (χ1v) is 7.24. The summed E-state index contributed by atoms with van der Waals surface area (Å²) < 4.78 is 31.6. The Balaban J connectivity index is 2.11. The van der Waals surface area contributed by atoms with Gasteiger partial charge in [-0.1, -0.05) is 0 Å². The van der Waals surface area contributed by atoms with Crippen molar-refractivity contribution in [2.24, 2.45) is 0 Å². The Morgan fingerprint density at radius 3 is 2.71 bits per heavy atom. The number of nitrogens with one attached hydrogen (secondary N) is 1. The van der Waals surface area contributed by atoms with Crippen molar-refractivity contribution in [1.29, 1.82) is 0 Å². The molecular weight excluding hydrogens is 260 g/mol. The van der Waals surface area contributed by atoms with Crippen molar-refractivity contribution < 1.29 is 12.8 Å². The van der Waals surface area contributed by atoms with Crippen molar-refractivity contribution in [3.8, 4) is 0 Å². The number of thiophene rings is 1. The molecule has 2 heterocycles. The Hall–Kier alpha value is -1.18. The van der Waals surface area contributed by atoms with Gasteiger partial charge in [0.1, 0.15) is 9.97 Å². The molecule has 0 radical (unpaired) electrons. The molecular formula is C10H12N2O3S2. The highest BCUT2D eigenvalue weighted by Gasteiger charge is 2.17. The molecule has 7 heteroatoms. The molecule has 0 saturated carbocycles. The molecule has 0 unspecified atom stereocenters. The minimum absolute atomic E-state index is 0.116. The van der Waals surface area contributed by atoms with Crippen LogP contribution in [0.15, 0.2) is 27.2 Å². The van der Waals surface area contributed by atoms with Gasteiger partial charge in [0.25, 0.3) is 0 Å². The van der Waals surface area contributed by atoms with Crippen LogP contribution in [0.5, 0.6) is 0 Å². The van der Waals surface area contributed by atoms with Crippen LogP contribution in [-0.4, -0.2) is 13.4 Å². The predicted octanol–water partition coefficient (Wildman–Crippen LogP) is 1.83. The van der Waals surface area contributed by atoms with Gasteiger partial charge in [0.15, 0.2) is 6.39 Å². The van der Waals surface area contributed by atoms with Crippen molar-refractivity contribution >= 4 is 21.4 Å². The Morgan fingerprint density at radius 1 is 1.41 bits per heavy atom. The second-order valence-electron chi connectivity index (χ2n) is 3.55. The van der Waals surface area contributed by atoms with Gasteiger partial charge in [0.05, 0.1) is 12.2 Å². The van der Waals surface area contributed by atoms with E-state index < -0.39 is 10.0 Å². The molecule has 2 rings (SSSR count). The van der Waals surface area contributed by atoms with Gasteiger partial charge >= 0.3 is 0 Å². The molecule has 2 aromatic heterocycles. The fraction of sp³-hybridized carbons (Fsp3) is 0.300. The van der Waals surface area contributed by atoms with Crippen LogP contribution in [0.1, 0.15) is 16.3 Å². The van der Waals surface area contributed by atoms with Gasteiger partial charge in [0.2, 0.25) is 10.0 Å². The lowest BCUT2D eigenvalue weighted by Crippen LogP contribution is -2.22. The molecule has 0 bridgehead atoms. The topological polar surface area (TPSA) is 72.2 Å². The summed E-state index contributed by atoms with van der Waals surface area (Å²) in [4.78, 5) is 4.85. The zero-order valence-corrected chi connectivity index (χ0v) is 11.1. The van der Waals surface area contributed by atoms with Crippen molar-refractivity contribution in [1.82, 2.24) is 9.71 Å². The maximum Gasteiger partial charge on any atom is 0.250 e. The summed E-state index contributed by atoms with van der Waals surface area (Å²) >= 11 is 1.24. The zero-order chi connectivity index (χ0) is 12.5. The van der Waals surface area contributed by atoms with E-state index in [1.54, 1.807) is 19.1 Å². The van der Waals surface area contributed by atoms with Gasteiger partial charge in [-0.05, 0) is 26.0 Å². The number of nitrogens with zero attached hydrogens (tertiary/aromatic N) is 1. The normalized spacial score (nSPS) is 11.9. The predicted molar refractivity (Wildman–Crippen MR) is 64.3 cm³/mol. The first kappa shape index (κ1) is 12.3. The summed E-state index contributed by atoms with van der Waals surface area (Å²) in [5, 5.41) is 0. The molecule has 0 aliphatic heterocycles. The minimum atomic E-state index is -3.45. The van der Waals surface area contributed by atoms with E-state index in [9.17, 15) is 8.42 Å². The van der Waals surface area contributed by atoms with E-state index in [2.05, 4.69) is 9.71 Å². The molecule has 0 saturated heterocycles. The highest BCUT2D eigenvalue weighted by Crippen LogP contribution is 2.20. The van der Waals surface area contributed by atoms with Crippen molar-refractivity contribution in [3.05, 3.63) is 34.9 Å². The summed E-state index contributed by atoms with van der Waals surface area (Å²) in [5.41, 5.74) is 0.690. The number of hydrogen-bond donors (Lipinski definition) is 1. The van der Waals surface area contributed by atoms with E-state index in [0.717, 1.165) is 4.88 Å². The number of rotatable bonds is 4. The fourth-order valence-electron chi connectivity index (χ4n) is 1.28. The SMILES string of the molecule is Cc1ccc(S(=O)(=O)NCc2ocnc2C)s1. The first-order chi connectivity index (χ1) is 7.99. The van der Waals surface area contributed by atoms with E-state index >= 15 is 0 Å². The molecule has 0 fully saturated rings. The van der Waals surface area contributed by atoms with Crippen LogP contribution >= 0.6 is 11.3 Å². The lowest BCUT2D eigenvalue weighted by atomic mass is 10.4. The third-order valence-corrected chi connectivity index (χ3v) is 5.14. The first-order valence-electron chi connectivity index (χ1n) is 4.94. The molecule has 92 valence electrons. The molecule has 0 spiro atoms. The largest absolute Gasteiger partial charge is 0.447 e. The van der Waals surface area contributed by atoms with Crippen molar-refractivity contribution in [2.75, 3.05) is 0 Å².